The van der Waals surface area contributed by atoms with Crippen molar-refractivity contribution in [3.63, 3.8) is 0 Å². The first-order chi connectivity index (χ1) is 17.4. The van der Waals surface area contributed by atoms with Gasteiger partial charge >= 0.3 is 6.09 Å². The Morgan fingerprint density at radius 2 is 2.06 bits per heavy atom. The number of likely N-dealkylation sites (tertiary alicyclic amines) is 1. The number of rotatable bonds is 6. The molecule has 3 aromatic heterocycles. The molecule has 0 radical (unpaired) electrons. The molecule has 6 rings (SSSR count). The second-order valence-corrected chi connectivity index (χ2v) is 9.76. The average Bonchev–Trinajstić information content (AvgIpc) is 3.31. The van der Waals surface area contributed by atoms with Crippen molar-refractivity contribution in [1.29, 1.82) is 0 Å². The van der Waals surface area contributed by atoms with Crippen LogP contribution in [0.3, 0.4) is 0 Å². The Balaban J connectivity index is 1.39. The second kappa shape index (κ2) is 8.61. The van der Waals surface area contributed by atoms with E-state index in [0.29, 0.717) is 42.3 Å². The van der Waals surface area contributed by atoms with Gasteiger partial charge in [0, 0.05) is 31.1 Å². The van der Waals surface area contributed by atoms with Gasteiger partial charge in [-0.1, -0.05) is 0 Å². The predicted molar refractivity (Wildman–Crippen MR) is 133 cm³/mol. The number of methoxy groups -OCH3 is 1. The number of fused-ring (bicyclic) bond motifs is 2. The summed E-state index contributed by atoms with van der Waals surface area (Å²) in [4.78, 5) is 31.3. The molecule has 2 fully saturated rings. The lowest BCUT2D eigenvalue weighted by molar-refractivity contribution is 0.0373. The summed E-state index contributed by atoms with van der Waals surface area (Å²) in [5, 5.41) is 1.04. The molecule has 36 heavy (non-hydrogen) atoms. The number of furan rings is 1. The minimum absolute atomic E-state index is 0.158. The van der Waals surface area contributed by atoms with E-state index in [9.17, 15) is 9.59 Å². The van der Waals surface area contributed by atoms with Crippen molar-refractivity contribution < 1.29 is 23.5 Å². The van der Waals surface area contributed by atoms with Gasteiger partial charge in [0.1, 0.15) is 17.4 Å². The van der Waals surface area contributed by atoms with Crippen molar-refractivity contribution >= 4 is 34.1 Å². The van der Waals surface area contributed by atoms with E-state index in [1.54, 1.807) is 30.4 Å². The summed E-state index contributed by atoms with van der Waals surface area (Å²) in [6.07, 6.45) is 4.36. The van der Waals surface area contributed by atoms with Crippen LogP contribution in [0.25, 0.3) is 33.7 Å². The van der Waals surface area contributed by atoms with E-state index in [1.807, 2.05) is 17.7 Å². The van der Waals surface area contributed by atoms with Gasteiger partial charge in [0.2, 0.25) is 5.71 Å². The van der Waals surface area contributed by atoms with Gasteiger partial charge in [0.15, 0.2) is 5.82 Å². The Morgan fingerprint density at radius 1 is 1.22 bits per heavy atom. The number of piperidine rings is 1. The summed E-state index contributed by atoms with van der Waals surface area (Å²) < 4.78 is 20.9. The smallest absolute Gasteiger partial charge is 0.404 e. The lowest BCUT2D eigenvalue weighted by Crippen LogP contribution is -2.44. The number of carbonyl (C=O) groups excluding carboxylic acids is 2. The topological polar surface area (TPSA) is 118 Å². The summed E-state index contributed by atoms with van der Waals surface area (Å²) in [6, 6.07) is 7.63. The van der Waals surface area contributed by atoms with Crippen molar-refractivity contribution in [3.8, 4) is 17.3 Å². The highest BCUT2D eigenvalue weighted by Gasteiger charge is 2.29. The SMILES string of the molecule is COc1cc(C(=O)N2CCCC(OC(N)=O)C2)cc2nc(-c3cc4ccoc4n3CC3CC3)n(C)c12. The average molecular weight is 492 g/mol. The van der Waals surface area contributed by atoms with E-state index < -0.39 is 12.2 Å². The van der Waals surface area contributed by atoms with Crippen LogP contribution in [0.4, 0.5) is 4.79 Å². The predicted octanol–water partition coefficient (Wildman–Crippen LogP) is 3.91. The van der Waals surface area contributed by atoms with Crippen LogP contribution < -0.4 is 10.5 Å². The molecule has 2 aliphatic rings. The Morgan fingerprint density at radius 3 is 2.81 bits per heavy atom. The Kier molecular flexibility index (Phi) is 5.39. The zero-order chi connectivity index (χ0) is 25.0. The molecule has 1 aliphatic carbocycles. The van der Waals surface area contributed by atoms with Crippen LogP contribution in [0.5, 0.6) is 5.75 Å². The maximum Gasteiger partial charge on any atom is 0.404 e. The molecule has 1 atom stereocenters. The van der Waals surface area contributed by atoms with Crippen LogP contribution >= 0.6 is 0 Å². The summed E-state index contributed by atoms with van der Waals surface area (Å²) in [6.45, 7) is 1.78. The van der Waals surface area contributed by atoms with Crippen molar-refractivity contribution in [2.24, 2.45) is 18.7 Å². The molecule has 4 heterocycles. The standard InChI is InChI=1S/C26H29N5O5/c1-29-22-19(28-23(29)20-11-16-7-9-35-25(16)31(20)13-15-5-6-15)10-17(12-21(22)34-2)24(32)30-8-3-4-18(14-30)36-26(27)33/h7,9-12,15,18H,3-6,8,13-14H2,1-2H3,(H2,27,33). The van der Waals surface area contributed by atoms with Gasteiger partial charge < -0.3 is 33.7 Å². The third-order valence-corrected chi connectivity index (χ3v) is 7.22. The van der Waals surface area contributed by atoms with Crippen molar-refractivity contribution in [1.82, 2.24) is 19.0 Å². The molecule has 2 amide bonds. The highest BCUT2D eigenvalue weighted by molar-refractivity contribution is 6.00. The molecule has 1 aromatic carbocycles. The minimum Gasteiger partial charge on any atom is -0.494 e. The zero-order valence-electron chi connectivity index (χ0n) is 20.4. The number of amides is 2. The highest BCUT2D eigenvalue weighted by atomic mass is 16.6. The third kappa shape index (κ3) is 3.86. The van der Waals surface area contributed by atoms with Gasteiger partial charge in [-0.05, 0) is 55.9 Å². The molecule has 188 valence electrons. The van der Waals surface area contributed by atoms with Crippen LogP contribution in [0.1, 0.15) is 36.0 Å². The fourth-order valence-corrected chi connectivity index (χ4v) is 5.28. The normalized spacial score (nSPS) is 18.2. The van der Waals surface area contributed by atoms with Gasteiger partial charge in [0.05, 0.1) is 31.1 Å². The summed E-state index contributed by atoms with van der Waals surface area (Å²) in [7, 11) is 3.55. The molecule has 0 bridgehead atoms. The fraction of sp³-hybridized carbons (Fsp3) is 0.423. The number of carbonyl (C=O) groups is 2. The molecule has 2 N–H and O–H groups in total. The number of aryl methyl sites for hydroxylation is 1. The molecular weight excluding hydrogens is 462 g/mol. The van der Waals surface area contributed by atoms with Crippen LogP contribution in [0, 0.1) is 5.92 Å². The number of hydrogen-bond donors (Lipinski definition) is 1. The maximum atomic E-state index is 13.4. The van der Waals surface area contributed by atoms with E-state index in [-0.39, 0.29) is 5.91 Å². The number of aromatic nitrogens is 3. The van der Waals surface area contributed by atoms with E-state index in [1.165, 1.54) is 12.8 Å². The quantitative estimate of drug-likeness (QED) is 0.437. The molecule has 0 spiro atoms. The molecule has 10 heteroatoms. The van der Waals surface area contributed by atoms with Crippen molar-refractivity contribution in [2.75, 3.05) is 20.2 Å². The largest absolute Gasteiger partial charge is 0.494 e. The van der Waals surface area contributed by atoms with Crippen molar-refractivity contribution in [2.45, 2.75) is 38.3 Å². The zero-order valence-corrected chi connectivity index (χ0v) is 20.4. The number of hydrogen-bond acceptors (Lipinski definition) is 6. The number of ether oxygens (including phenoxy) is 2. The van der Waals surface area contributed by atoms with E-state index in [2.05, 4.69) is 10.6 Å². The number of nitrogens with zero attached hydrogens (tertiary/aromatic N) is 4. The second-order valence-electron chi connectivity index (χ2n) is 9.76. The molecule has 4 aromatic rings. The molecular formula is C26H29N5O5. The highest BCUT2D eigenvalue weighted by Crippen LogP contribution is 2.38. The fourth-order valence-electron chi connectivity index (χ4n) is 5.28. The van der Waals surface area contributed by atoms with Crippen LogP contribution in [-0.4, -0.2) is 57.3 Å². The Hall–Kier alpha value is -3.95. The molecule has 1 unspecified atom stereocenters. The number of nitrogens with two attached hydrogens (primary N) is 1. The molecule has 10 nitrogen and oxygen atoms in total. The van der Waals surface area contributed by atoms with Gasteiger partial charge in [-0.2, -0.15) is 0 Å². The first-order valence-electron chi connectivity index (χ1n) is 12.3. The van der Waals surface area contributed by atoms with E-state index in [4.69, 9.17) is 24.6 Å². The van der Waals surface area contributed by atoms with Gasteiger partial charge in [-0.15, -0.1) is 0 Å². The lowest BCUT2D eigenvalue weighted by atomic mass is 10.1. The number of primary amides is 1. The lowest BCUT2D eigenvalue weighted by Gasteiger charge is -2.32. The summed E-state index contributed by atoms with van der Waals surface area (Å²) >= 11 is 0. The first kappa shape index (κ1) is 22.5. The minimum atomic E-state index is -0.822. The van der Waals surface area contributed by atoms with Crippen LogP contribution in [0.15, 0.2) is 34.9 Å². The van der Waals surface area contributed by atoms with Gasteiger partial charge in [-0.3, -0.25) is 4.79 Å². The first-order valence-corrected chi connectivity index (χ1v) is 12.3. The number of benzene rings is 1. The van der Waals surface area contributed by atoms with Crippen LogP contribution in [0.2, 0.25) is 0 Å². The third-order valence-electron chi connectivity index (χ3n) is 7.22. The maximum absolute atomic E-state index is 13.4. The monoisotopic (exact) mass is 491 g/mol. The molecule has 1 saturated carbocycles. The van der Waals surface area contributed by atoms with E-state index >= 15 is 0 Å². The molecule has 1 saturated heterocycles. The van der Waals surface area contributed by atoms with Gasteiger partial charge in [0.25, 0.3) is 5.91 Å². The van der Waals surface area contributed by atoms with Crippen molar-refractivity contribution in [3.05, 3.63) is 36.1 Å². The van der Waals surface area contributed by atoms with Gasteiger partial charge in [-0.25, -0.2) is 9.78 Å². The van der Waals surface area contributed by atoms with Crippen LogP contribution in [-0.2, 0) is 18.3 Å². The number of imidazole rings is 1. The summed E-state index contributed by atoms with van der Waals surface area (Å²) in [5.74, 6) is 1.86. The Labute approximate surface area is 207 Å². The summed E-state index contributed by atoms with van der Waals surface area (Å²) in [5.41, 5.74) is 8.98. The van der Waals surface area contributed by atoms with E-state index in [0.717, 1.165) is 41.1 Å². The Bertz CT molecular complexity index is 1480. The molecule has 1 aliphatic heterocycles.